The monoisotopic (exact) mass is 423 g/mol. The van der Waals surface area contributed by atoms with Crippen molar-refractivity contribution in [1.82, 2.24) is 25.1 Å². The molecule has 0 radical (unpaired) electrons. The lowest BCUT2D eigenvalue weighted by atomic mass is 10.1. The van der Waals surface area contributed by atoms with Crippen molar-refractivity contribution in [3.05, 3.63) is 64.8 Å². The fourth-order valence-corrected chi connectivity index (χ4v) is 3.58. The summed E-state index contributed by atoms with van der Waals surface area (Å²) in [5.74, 6) is 1.58. The van der Waals surface area contributed by atoms with Crippen LogP contribution in [0.5, 0.6) is 5.75 Å². The average Bonchev–Trinajstić information content (AvgIpc) is 3.41. The van der Waals surface area contributed by atoms with Crippen LogP contribution in [0.3, 0.4) is 0 Å². The van der Waals surface area contributed by atoms with Crippen molar-refractivity contribution in [1.29, 1.82) is 0 Å². The highest BCUT2D eigenvalue weighted by molar-refractivity contribution is 6.30. The van der Waals surface area contributed by atoms with Gasteiger partial charge in [0.15, 0.2) is 5.69 Å². The van der Waals surface area contributed by atoms with E-state index < -0.39 is 0 Å². The molecule has 0 fully saturated rings. The molecule has 0 bridgehead atoms. The van der Waals surface area contributed by atoms with Gasteiger partial charge in [-0.1, -0.05) is 46.2 Å². The van der Waals surface area contributed by atoms with E-state index in [1.165, 1.54) is 0 Å². The molecular weight excluding hydrogens is 406 g/mol. The Morgan fingerprint density at radius 2 is 2.07 bits per heavy atom. The van der Waals surface area contributed by atoms with E-state index in [2.05, 4.69) is 20.5 Å². The predicted molar refractivity (Wildman–Crippen MR) is 109 cm³/mol. The molecule has 0 amide bonds. The quantitative estimate of drug-likeness (QED) is 0.472. The van der Waals surface area contributed by atoms with Gasteiger partial charge < -0.3 is 14.0 Å². The normalized spacial score (nSPS) is 15.7. The molecular formula is C21H18ClN5O3. The summed E-state index contributed by atoms with van der Waals surface area (Å²) in [7, 11) is 0. The third-order valence-electron chi connectivity index (χ3n) is 4.87. The van der Waals surface area contributed by atoms with Gasteiger partial charge in [0.25, 0.3) is 5.89 Å². The maximum Gasteiger partial charge on any atom is 0.280 e. The molecule has 9 heteroatoms. The number of rotatable bonds is 5. The topological polar surface area (TPSA) is 88.1 Å². The first kappa shape index (κ1) is 18.8. The average molecular weight is 424 g/mol. The number of halogens is 1. The second kappa shape index (κ2) is 7.89. The standard InChI is InChI=1S/C21H18ClN5O3/c1-2-28-16-8-6-13(7-9-16)18-11-27-17(12-29-18)19(24-26-27)21-23-20(25-30-21)14-4-3-5-15(22)10-14/h3-10,18H,2,11-12H2,1H3/t18-/m1/s1. The summed E-state index contributed by atoms with van der Waals surface area (Å²) in [4.78, 5) is 4.45. The van der Waals surface area contributed by atoms with Crippen LogP contribution < -0.4 is 4.74 Å². The largest absolute Gasteiger partial charge is 0.494 e. The van der Waals surface area contributed by atoms with E-state index in [0.717, 1.165) is 22.6 Å². The van der Waals surface area contributed by atoms with Crippen LogP contribution in [-0.4, -0.2) is 31.7 Å². The smallest absolute Gasteiger partial charge is 0.280 e. The van der Waals surface area contributed by atoms with Crippen LogP contribution in [0.15, 0.2) is 53.1 Å². The molecule has 2 aromatic carbocycles. The summed E-state index contributed by atoms with van der Waals surface area (Å²) in [6.45, 7) is 3.49. The van der Waals surface area contributed by atoms with Crippen molar-refractivity contribution in [3.63, 3.8) is 0 Å². The Morgan fingerprint density at radius 1 is 1.20 bits per heavy atom. The second-order valence-electron chi connectivity index (χ2n) is 6.80. The Morgan fingerprint density at radius 3 is 2.87 bits per heavy atom. The van der Waals surface area contributed by atoms with Crippen LogP contribution in [0, 0.1) is 0 Å². The van der Waals surface area contributed by atoms with Gasteiger partial charge in [-0.3, -0.25) is 0 Å². The molecule has 0 saturated carbocycles. The molecule has 0 saturated heterocycles. The molecule has 8 nitrogen and oxygen atoms in total. The Balaban J connectivity index is 1.36. The lowest BCUT2D eigenvalue weighted by Crippen LogP contribution is -2.22. The lowest BCUT2D eigenvalue weighted by Gasteiger charge is -2.24. The number of ether oxygens (including phenoxy) is 2. The summed E-state index contributed by atoms with van der Waals surface area (Å²) in [6.07, 6.45) is -0.118. The molecule has 4 aromatic rings. The van der Waals surface area contributed by atoms with Crippen molar-refractivity contribution in [3.8, 4) is 28.7 Å². The second-order valence-corrected chi connectivity index (χ2v) is 7.24. The first-order chi connectivity index (χ1) is 14.7. The van der Waals surface area contributed by atoms with Crippen molar-refractivity contribution in [2.75, 3.05) is 6.61 Å². The molecule has 1 aliphatic heterocycles. The number of nitrogens with zero attached hydrogens (tertiary/aromatic N) is 5. The van der Waals surface area contributed by atoms with Crippen LogP contribution in [0.25, 0.3) is 23.0 Å². The van der Waals surface area contributed by atoms with Crippen molar-refractivity contribution < 1.29 is 14.0 Å². The van der Waals surface area contributed by atoms with Crippen molar-refractivity contribution in [2.45, 2.75) is 26.2 Å². The third kappa shape index (κ3) is 3.55. The fraction of sp³-hybridized carbons (Fsp3) is 0.238. The minimum Gasteiger partial charge on any atom is -0.494 e. The number of hydrogen-bond acceptors (Lipinski definition) is 7. The summed E-state index contributed by atoms with van der Waals surface area (Å²) < 4.78 is 18.8. The number of aromatic nitrogens is 5. The highest BCUT2D eigenvalue weighted by Crippen LogP contribution is 2.31. The highest BCUT2D eigenvalue weighted by atomic mass is 35.5. The third-order valence-corrected chi connectivity index (χ3v) is 5.11. The van der Waals surface area contributed by atoms with E-state index >= 15 is 0 Å². The van der Waals surface area contributed by atoms with Gasteiger partial charge in [-0.25, -0.2) is 4.68 Å². The first-order valence-electron chi connectivity index (χ1n) is 9.58. The van der Waals surface area contributed by atoms with E-state index in [9.17, 15) is 0 Å². The summed E-state index contributed by atoms with van der Waals surface area (Å²) in [6, 6.07) is 15.2. The van der Waals surface area contributed by atoms with E-state index in [-0.39, 0.29) is 6.10 Å². The predicted octanol–water partition coefficient (Wildman–Crippen LogP) is 4.32. The molecule has 0 aliphatic carbocycles. The molecule has 1 aliphatic rings. The Bertz CT molecular complexity index is 1170. The summed E-state index contributed by atoms with van der Waals surface area (Å²) >= 11 is 6.05. The van der Waals surface area contributed by atoms with Gasteiger partial charge in [0.05, 0.1) is 25.5 Å². The van der Waals surface area contributed by atoms with Crippen molar-refractivity contribution in [2.24, 2.45) is 0 Å². The highest BCUT2D eigenvalue weighted by Gasteiger charge is 2.28. The van der Waals surface area contributed by atoms with E-state index in [1.807, 2.05) is 48.0 Å². The zero-order valence-electron chi connectivity index (χ0n) is 16.2. The molecule has 30 heavy (non-hydrogen) atoms. The molecule has 3 heterocycles. The zero-order valence-corrected chi connectivity index (χ0v) is 16.9. The lowest BCUT2D eigenvalue weighted by molar-refractivity contribution is -0.00119. The SMILES string of the molecule is CCOc1ccc([C@H]2Cn3nnc(-c4nc(-c5cccc(Cl)c5)no4)c3CO2)cc1. The Labute approximate surface area is 177 Å². The first-order valence-corrected chi connectivity index (χ1v) is 9.96. The molecule has 0 unspecified atom stereocenters. The minimum absolute atomic E-state index is 0.118. The van der Waals surface area contributed by atoms with Crippen LogP contribution in [0.1, 0.15) is 24.3 Å². The zero-order chi connectivity index (χ0) is 20.5. The van der Waals surface area contributed by atoms with Gasteiger partial charge in [-0.2, -0.15) is 4.98 Å². The van der Waals surface area contributed by atoms with E-state index in [4.69, 9.17) is 25.6 Å². The summed E-state index contributed by atoms with van der Waals surface area (Å²) in [5, 5.41) is 13.2. The number of hydrogen-bond donors (Lipinski definition) is 0. The number of benzene rings is 2. The van der Waals surface area contributed by atoms with Crippen LogP contribution in [0.2, 0.25) is 5.02 Å². The molecule has 0 spiro atoms. The maximum atomic E-state index is 6.07. The molecule has 5 rings (SSSR count). The van der Waals surface area contributed by atoms with Gasteiger partial charge in [-0.05, 0) is 36.8 Å². The Kier molecular flexibility index (Phi) is 4.94. The van der Waals surface area contributed by atoms with Crippen LogP contribution >= 0.6 is 11.6 Å². The van der Waals surface area contributed by atoms with Gasteiger partial charge in [-0.15, -0.1) is 5.10 Å². The van der Waals surface area contributed by atoms with Crippen LogP contribution in [0.4, 0.5) is 0 Å². The molecule has 2 aromatic heterocycles. The minimum atomic E-state index is -0.118. The molecule has 152 valence electrons. The van der Waals surface area contributed by atoms with Gasteiger partial charge in [0.2, 0.25) is 5.82 Å². The van der Waals surface area contributed by atoms with Crippen LogP contribution in [-0.2, 0) is 17.9 Å². The Hall–Kier alpha value is -3.23. The maximum absolute atomic E-state index is 6.07. The number of fused-ring (bicyclic) bond motifs is 1. The van der Waals surface area contributed by atoms with Gasteiger partial charge in [0, 0.05) is 10.6 Å². The van der Waals surface area contributed by atoms with Gasteiger partial charge in [0.1, 0.15) is 11.9 Å². The molecule has 1 atom stereocenters. The van der Waals surface area contributed by atoms with Crippen molar-refractivity contribution >= 4 is 11.6 Å². The molecule has 0 N–H and O–H groups in total. The van der Waals surface area contributed by atoms with Gasteiger partial charge >= 0.3 is 0 Å². The fourth-order valence-electron chi connectivity index (χ4n) is 3.39. The van der Waals surface area contributed by atoms with E-state index in [0.29, 0.717) is 42.2 Å². The summed E-state index contributed by atoms with van der Waals surface area (Å²) in [5.41, 5.74) is 3.16. The van der Waals surface area contributed by atoms with E-state index in [1.54, 1.807) is 12.1 Å².